The first kappa shape index (κ1) is 54.4. The van der Waals surface area contributed by atoms with Crippen molar-refractivity contribution >= 4 is 81.8 Å². The van der Waals surface area contributed by atoms with Gasteiger partial charge in [0.1, 0.15) is 42.3 Å². The van der Waals surface area contributed by atoms with Crippen LogP contribution in [0, 0.1) is 5.41 Å². The number of amides is 4. The number of primary amides is 1. The van der Waals surface area contributed by atoms with Crippen molar-refractivity contribution in [1.82, 2.24) is 35.5 Å². The number of carbonyl (C=O) groups is 4. The highest BCUT2D eigenvalue weighted by molar-refractivity contribution is 7.99. The highest BCUT2D eigenvalue weighted by Crippen LogP contribution is 2.56. The van der Waals surface area contributed by atoms with E-state index in [0.717, 1.165) is 29.0 Å². The number of aliphatic imine (C=N–C) groups is 1. The van der Waals surface area contributed by atoms with E-state index in [-0.39, 0.29) is 61.2 Å². The van der Waals surface area contributed by atoms with E-state index in [1.165, 1.54) is 20.8 Å². The van der Waals surface area contributed by atoms with Crippen LogP contribution in [0.4, 0.5) is 5.82 Å². The van der Waals surface area contributed by atoms with Crippen LogP contribution in [0.3, 0.4) is 0 Å². The van der Waals surface area contributed by atoms with Crippen molar-refractivity contribution in [3.63, 3.8) is 0 Å². The molecule has 1 saturated heterocycles. The van der Waals surface area contributed by atoms with Crippen molar-refractivity contribution in [2.75, 3.05) is 50.1 Å². The third-order valence-corrected chi connectivity index (χ3v) is 12.9. The number of guanidine groups is 1. The number of anilines is 1. The van der Waals surface area contributed by atoms with E-state index >= 15 is 0 Å². The second kappa shape index (κ2) is 23.0. The average molecular weight is 991 g/mol. The lowest BCUT2D eigenvalue weighted by Gasteiger charge is -2.36. The average Bonchev–Trinajstić information content (AvgIpc) is 3.72. The van der Waals surface area contributed by atoms with Gasteiger partial charge < -0.3 is 91.5 Å². The van der Waals surface area contributed by atoms with Crippen molar-refractivity contribution < 1.29 is 85.3 Å². The van der Waals surface area contributed by atoms with Gasteiger partial charge in [-0.1, -0.05) is 13.8 Å². The Hall–Kier alpha value is -3.90. The predicted molar refractivity (Wildman–Crippen MR) is 214 cm³/mol. The van der Waals surface area contributed by atoms with Gasteiger partial charge in [-0.3, -0.25) is 37.9 Å². The summed E-state index contributed by atoms with van der Waals surface area (Å²) in [6.45, 7) is 1.27. The number of nitrogens with zero attached hydrogens (tertiary/aromatic N) is 5. The highest BCUT2D eigenvalue weighted by atomic mass is 32.2. The smallest absolute Gasteiger partial charge is 0.274 e. The fourth-order valence-electron chi connectivity index (χ4n) is 5.68. The molecule has 0 bridgehead atoms. The van der Waals surface area contributed by atoms with E-state index in [0.29, 0.717) is 12.2 Å². The van der Waals surface area contributed by atoms with Gasteiger partial charge in [-0.25, -0.2) is 19.3 Å². The largest absolute Gasteiger partial charge is 0.790 e. The Labute approximate surface area is 368 Å². The summed E-state index contributed by atoms with van der Waals surface area (Å²) < 4.78 is 61.2. The van der Waals surface area contributed by atoms with Crippen molar-refractivity contribution in [3.05, 3.63) is 12.7 Å². The molecule has 13 N–H and O–H groups in total. The van der Waals surface area contributed by atoms with Gasteiger partial charge in [0.2, 0.25) is 23.6 Å². The van der Waals surface area contributed by atoms with Crippen LogP contribution in [0.25, 0.3) is 11.2 Å². The highest BCUT2D eigenvalue weighted by Gasteiger charge is 2.55. The molecule has 8 atom stereocenters. The summed E-state index contributed by atoms with van der Waals surface area (Å²) in [6, 6.07) is -0.923. The van der Waals surface area contributed by atoms with Crippen LogP contribution in [-0.4, -0.2) is 134 Å². The predicted octanol–water partition coefficient (Wildman–Crippen LogP) is -6.19. The molecule has 1 aliphatic rings. The van der Waals surface area contributed by atoms with Crippen LogP contribution >= 0.6 is 35.2 Å². The van der Waals surface area contributed by atoms with Crippen molar-refractivity contribution in [2.24, 2.45) is 27.6 Å². The number of nitrogens with two attached hydrogens (primary N) is 4. The molecule has 64 heavy (non-hydrogen) atoms. The number of aromatic nitrogens is 4. The Morgan fingerprint density at radius 3 is 2.36 bits per heavy atom. The zero-order valence-corrected chi connectivity index (χ0v) is 37.8. The summed E-state index contributed by atoms with van der Waals surface area (Å²) in [5.41, 5.74) is 17.8. The maximum atomic E-state index is 12.6. The summed E-state index contributed by atoms with van der Waals surface area (Å²) in [5.74, 6) is -2.72. The fraction of sp³-hybridized carbons (Fsp3) is 0.667. The molecule has 2 aromatic rings. The van der Waals surface area contributed by atoms with Crippen LogP contribution in [-0.2, 0) is 61.2 Å². The van der Waals surface area contributed by atoms with Gasteiger partial charge in [0.05, 0.1) is 33.1 Å². The first-order valence-corrected chi connectivity index (χ1v) is 24.2. The fourth-order valence-corrected chi connectivity index (χ4v) is 9.07. The van der Waals surface area contributed by atoms with Crippen molar-refractivity contribution in [3.8, 4) is 0 Å². The third-order valence-electron chi connectivity index (χ3n) is 8.96. The molecule has 0 radical (unpaired) electrons. The first-order chi connectivity index (χ1) is 29.6. The number of aliphatic hydroxyl groups excluding tert-OH is 2. The van der Waals surface area contributed by atoms with Gasteiger partial charge in [0, 0.05) is 37.2 Å². The zero-order chi connectivity index (χ0) is 48.3. The number of ether oxygens (including phenoxy) is 1. The van der Waals surface area contributed by atoms with Crippen LogP contribution < -0.4 is 58.5 Å². The lowest BCUT2D eigenvalue weighted by atomic mass is 9.87. The molecule has 0 saturated carbocycles. The minimum absolute atomic E-state index is 0.0226. The monoisotopic (exact) mass is 990 g/mol. The van der Waals surface area contributed by atoms with Gasteiger partial charge in [0.25, 0.3) is 15.6 Å². The first-order valence-electron chi connectivity index (χ1n) is 18.6. The Morgan fingerprint density at radius 1 is 1.05 bits per heavy atom. The van der Waals surface area contributed by atoms with Crippen molar-refractivity contribution in [2.45, 2.75) is 76.2 Å². The van der Waals surface area contributed by atoms with Crippen molar-refractivity contribution in [1.29, 1.82) is 0 Å². The molecular formula is C30H49N12O18P3S-4. The Balaban J connectivity index is 1.43. The molecule has 1 fully saturated rings. The minimum atomic E-state index is -5.97. The molecule has 34 heteroatoms. The molecule has 0 spiro atoms. The van der Waals surface area contributed by atoms with E-state index in [4.69, 9.17) is 27.7 Å². The molecule has 0 aliphatic carbocycles. The standard InChI is InChI=1S/C30H53N12O18P3S/c1-29(2,23(46)27(48)36-8-6-18(43)35-9-10-64-12-19(44)41-16(25(32)47)5-4-7-37-28(33)34)13-57-63(54,55)60-62(52,53)56-11-17-21(59-61(49,50)51)22(45)30(3,58-17)42-15-40-20-24(31)38-14-39-26(20)42/h14-17,21-23,45-46H,4-13H2,1-3H3,(H2,32,47)(H,35,43)(H,36,48)(H,41,44)(H,52,53)(H,54,55)(H2,31,38,39)(H4,33,34,37)(H2,49,50,51)/p-4/t16-,17?,21?,22?,23?,30?/m0/s1. The number of aliphatic hydroxyl groups is 2. The molecular weight excluding hydrogens is 941 g/mol. The summed E-state index contributed by atoms with van der Waals surface area (Å²) in [4.78, 5) is 112. The number of nitrogens with one attached hydrogen (secondary N) is 3. The lowest BCUT2D eigenvalue weighted by Crippen LogP contribution is -2.46. The van der Waals surface area contributed by atoms with E-state index < -0.39 is 102 Å². The molecule has 3 rings (SSSR count). The summed E-state index contributed by atoms with van der Waals surface area (Å²) >= 11 is 1.15. The molecule has 362 valence electrons. The van der Waals surface area contributed by atoms with Crippen LogP contribution in [0.1, 0.15) is 40.0 Å². The molecule has 1 aliphatic heterocycles. The van der Waals surface area contributed by atoms with E-state index in [2.05, 4.69) is 53.8 Å². The number of phosphoric acid groups is 3. The second-order valence-electron chi connectivity index (χ2n) is 14.6. The zero-order valence-electron chi connectivity index (χ0n) is 34.3. The SMILES string of the molecule is CC(C)(COP(=O)([O-])OP(=O)([O-])OCC1OC(C)(n2cnc3c(N)ncnc32)C(O)C1OP(=O)([O-])[O-])C(O)C(=O)NCCC(=O)NCCSCC(=O)N[C@@H](CCCN=C(N)N)C(N)=O. The number of nitrogen functional groups attached to an aromatic ring is 1. The van der Waals surface area contributed by atoms with E-state index in [1.807, 2.05) is 0 Å². The van der Waals surface area contributed by atoms with Gasteiger partial charge in [-0.05, 0) is 19.8 Å². The van der Waals surface area contributed by atoms with Gasteiger partial charge >= 0.3 is 0 Å². The van der Waals surface area contributed by atoms with Crippen LogP contribution in [0.2, 0.25) is 0 Å². The maximum Gasteiger partial charge on any atom is 0.274 e. The van der Waals surface area contributed by atoms with E-state index in [9.17, 15) is 62.7 Å². The molecule has 4 amide bonds. The van der Waals surface area contributed by atoms with E-state index in [1.54, 1.807) is 0 Å². The maximum absolute atomic E-state index is 12.6. The quantitative estimate of drug-likeness (QED) is 0.0174. The molecule has 3 heterocycles. The van der Waals surface area contributed by atoms with Gasteiger partial charge in [0.15, 0.2) is 23.1 Å². The topological polar surface area (TPSA) is 494 Å². The van der Waals surface area contributed by atoms with Crippen LogP contribution in [0.15, 0.2) is 17.6 Å². The lowest BCUT2D eigenvalue weighted by molar-refractivity contribution is -0.347. The third kappa shape index (κ3) is 16.5. The Morgan fingerprint density at radius 2 is 1.72 bits per heavy atom. The van der Waals surface area contributed by atoms with Gasteiger partial charge in [-0.2, -0.15) is 11.8 Å². The summed E-state index contributed by atoms with van der Waals surface area (Å²) in [7, 11) is -17.7. The number of phosphoric ester groups is 3. The number of thioether (sulfide) groups is 1. The number of fused-ring (bicyclic) bond motifs is 1. The Bertz CT molecular complexity index is 2140. The number of rotatable bonds is 27. The molecule has 30 nitrogen and oxygen atoms in total. The normalized spacial score (nSPS) is 21.9. The summed E-state index contributed by atoms with van der Waals surface area (Å²) in [5, 5.41) is 29.0. The van der Waals surface area contributed by atoms with Crippen LogP contribution in [0.5, 0.6) is 0 Å². The molecule has 2 aromatic heterocycles. The molecule has 0 aromatic carbocycles. The Kier molecular flexibility index (Phi) is 19.6. The number of hydrogen-bond acceptors (Lipinski definition) is 24. The van der Waals surface area contributed by atoms with Gasteiger partial charge in [-0.15, -0.1) is 0 Å². The minimum Gasteiger partial charge on any atom is -0.790 e. The number of carbonyl (C=O) groups excluding carboxylic acids is 4. The number of imidazole rings is 1. The second-order valence-corrected chi connectivity index (χ2v) is 19.7. The summed E-state index contributed by atoms with van der Waals surface area (Å²) in [6.07, 6.45) is -5.65. The number of hydrogen-bond donors (Lipinski definition) is 9. The molecule has 7 unspecified atom stereocenters.